The molecule has 0 saturated carbocycles. The van der Waals surface area contributed by atoms with Crippen molar-refractivity contribution >= 4 is 34.2 Å². The molecule has 0 amide bonds. The molecule has 1 unspecified atom stereocenters. The van der Waals surface area contributed by atoms with Crippen LogP contribution in [-0.4, -0.2) is 37.1 Å². The van der Waals surface area contributed by atoms with Gasteiger partial charge in [-0.2, -0.15) is 5.10 Å². The summed E-state index contributed by atoms with van der Waals surface area (Å²) in [5.74, 6) is -0.110. The van der Waals surface area contributed by atoms with Gasteiger partial charge in [-0.25, -0.2) is 14.1 Å². The van der Waals surface area contributed by atoms with Crippen LogP contribution in [0.2, 0.25) is 10.0 Å². The van der Waals surface area contributed by atoms with Crippen molar-refractivity contribution in [2.75, 3.05) is 6.61 Å². The van der Waals surface area contributed by atoms with Crippen LogP contribution < -0.4 is 10.3 Å². The predicted octanol–water partition coefficient (Wildman–Crippen LogP) is 3.47. The summed E-state index contributed by atoms with van der Waals surface area (Å²) in [6.07, 6.45) is 1.69. The van der Waals surface area contributed by atoms with Crippen LogP contribution in [0.5, 0.6) is 5.75 Å². The molecule has 2 aromatic carbocycles. The van der Waals surface area contributed by atoms with E-state index in [0.29, 0.717) is 21.4 Å². The standard InChI is InChI=1S/C20H15Cl2FN4O3/c21-16-2-1-3-17(22)18(16)30-10-14(28)9-26-11-24-19-15(20(26)29)8-25-27(19)13-6-4-12(23)5-7-13/h1-8,11,14,28H,9-10H2. The molecule has 30 heavy (non-hydrogen) atoms. The summed E-state index contributed by atoms with van der Waals surface area (Å²) in [6.45, 7) is -0.172. The van der Waals surface area contributed by atoms with E-state index >= 15 is 0 Å². The maximum Gasteiger partial charge on any atom is 0.264 e. The number of fused-ring (bicyclic) bond motifs is 1. The molecular weight excluding hydrogens is 434 g/mol. The number of benzene rings is 2. The molecule has 0 aliphatic heterocycles. The van der Waals surface area contributed by atoms with Gasteiger partial charge in [0.05, 0.1) is 28.5 Å². The molecule has 0 saturated heterocycles. The molecule has 4 rings (SSSR count). The summed E-state index contributed by atoms with van der Waals surface area (Å²) in [5, 5.41) is 15.4. The fraction of sp³-hybridized carbons (Fsp3) is 0.150. The average Bonchev–Trinajstić information content (AvgIpc) is 3.15. The summed E-state index contributed by atoms with van der Waals surface area (Å²) >= 11 is 12.1. The van der Waals surface area contributed by atoms with E-state index in [2.05, 4.69) is 10.1 Å². The molecule has 4 aromatic rings. The number of hydrogen-bond acceptors (Lipinski definition) is 5. The number of hydrogen-bond donors (Lipinski definition) is 1. The molecule has 0 aliphatic rings. The first kappa shape index (κ1) is 20.3. The molecular formula is C20H15Cl2FN4O3. The minimum absolute atomic E-state index is 0.0500. The van der Waals surface area contributed by atoms with E-state index in [-0.39, 0.29) is 35.7 Å². The smallest absolute Gasteiger partial charge is 0.264 e. The van der Waals surface area contributed by atoms with Gasteiger partial charge in [0.2, 0.25) is 0 Å². The zero-order valence-electron chi connectivity index (χ0n) is 15.4. The third-order valence-corrected chi connectivity index (χ3v) is 4.97. The van der Waals surface area contributed by atoms with Crippen LogP contribution in [0.15, 0.2) is 59.8 Å². The van der Waals surface area contributed by atoms with Crippen molar-refractivity contribution in [3.8, 4) is 11.4 Å². The molecule has 154 valence electrons. The molecule has 2 heterocycles. The summed E-state index contributed by atoms with van der Waals surface area (Å²) in [5.41, 5.74) is 0.528. The van der Waals surface area contributed by atoms with Gasteiger partial charge in [0.15, 0.2) is 11.4 Å². The first-order chi connectivity index (χ1) is 14.4. The molecule has 1 atom stereocenters. The Hall–Kier alpha value is -2.94. The normalized spacial score (nSPS) is 12.3. The highest BCUT2D eigenvalue weighted by atomic mass is 35.5. The second kappa shape index (κ2) is 8.43. The number of aromatic nitrogens is 4. The largest absolute Gasteiger partial charge is 0.488 e. The van der Waals surface area contributed by atoms with Gasteiger partial charge in [-0.1, -0.05) is 29.3 Å². The fourth-order valence-corrected chi connectivity index (χ4v) is 3.44. The second-order valence-electron chi connectivity index (χ2n) is 6.49. The predicted molar refractivity (Wildman–Crippen MR) is 111 cm³/mol. The van der Waals surface area contributed by atoms with Crippen LogP contribution >= 0.6 is 23.2 Å². The van der Waals surface area contributed by atoms with E-state index in [0.717, 1.165) is 0 Å². The van der Waals surface area contributed by atoms with Gasteiger partial charge < -0.3 is 9.84 Å². The van der Waals surface area contributed by atoms with E-state index in [1.54, 1.807) is 18.2 Å². The van der Waals surface area contributed by atoms with E-state index in [9.17, 15) is 14.3 Å². The number of aliphatic hydroxyl groups is 1. The number of aliphatic hydroxyl groups excluding tert-OH is 1. The van der Waals surface area contributed by atoms with Gasteiger partial charge in [-0.05, 0) is 36.4 Å². The number of para-hydroxylation sites is 1. The van der Waals surface area contributed by atoms with Crippen molar-refractivity contribution in [3.63, 3.8) is 0 Å². The van der Waals surface area contributed by atoms with E-state index in [1.165, 1.54) is 46.0 Å². The van der Waals surface area contributed by atoms with E-state index in [4.69, 9.17) is 27.9 Å². The molecule has 0 bridgehead atoms. The lowest BCUT2D eigenvalue weighted by atomic mass is 10.3. The third-order valence-electron chi connectivity index (χ3n) is 4.37. The van der Waals surface area contributed by atoms with Crippen molar-refractivity contribution < 1.29 is 14.2 Å². The zero-order valence-corrected chi connectivity index (χ0v) is 16.9. The lowest BCUT2D eigenvalue weighted by Gasteiger charge is -2.15. The quantitative estimate of drug-likeness (QED) is 0.488. The van der Waals surface area contributed by atoms with Gasteiger partial charge >= 0.3 is 0 Å². The van der Waals surface area contributed by atoms with Gasteiger partial charge in [0.1, 0.15) is 30.2 Å². The Morgan fingerprint density at radius 2 is 1.83 bits per heavy atom. The van der Waals surface area contributed by atoms with Crippen molar-refractivity contribution in [1.82, 2.24) is 19.3 Å². The number of rotatable bonds is 6. The maximum absolute atomic E-state index is 13.1. The number of halogens is 3. The first-order valence-electron chi connectivity index (χ1n) is 8.88. The minimum Gasteiger partial charge on any atom is -0.488 e. The molecule has 2 aromatic heterocycles. The summed E-state index contributed by atoms with van der Waals surface area (Å²) < 4.78 is 21.4. The van der Waals surface area contributed by atoms with Gasteiger partial charge in [0, 0.05) is 0 Å². The molecule has 0 aliphatic carbocycles. The Labute approximate surface area is 179 Å². The summed E-state index contributed by atoms with van der Waals surface area (Å²) in [7, 11) is 0. The zero-order chi connectivity index (χ0) is 21.3. The van der Waals surface area contributed by atoms with Crippen molar-refractivity contribution in [3.05, 3.63) is 81.2 Å². The molecule has 0 fully saturated rings. The van der Waals surface area contributed by atoms with Crippen LogP contribution in [0, 0.1) is 5.82 Å². The molecule has 7 nitrogen and oxygen atoms in total. The molecule has 10 heteroatoms. The molecule has 0 spiro atoms. The Morgan fingerprint density at radius 3 is 2.53 bits per heavy atom. The Morgan fingerprint density at radius 1 is 1.13 bits per heavy atom. The van der Waals surface area contributed by atoms with Crippen LogP contribution in [0.25, 0.3) is 16.7 Å². The van der Waals surface area contributed by atoms with Crippen LogP contribution in [0.1, 0.15) is 0 Å². The van der Waals surface area contributed by atoms with E-state index < -0.39 is 6.10 Å². The van der Waals surface area contributed by atoms with Crippen molar-refractivity contribution in [2.24, 2.45) is 0 Å². The highest BCUT2D eigenvalue weighted by Crippen LogP contribution is 2.32. The Bertz CT molecular complexity index is 1240. The van der Waals surface area contributed by atoms with Crippen LogP contribution in [0.4, 0.5) is 4.39 Å². The Kier molecular flexibility index (Phi) is 5.72. The second-order valence-corrected chi connectivity index (χ2v) is 7.30. The fourth-order valence-electron chi connectivity index (χ4n) is 2.93. The van der Waals surface area contributed by atoms with Crippen LogP contribution in [0.3, 0.4) is 0 Å². The maximum atomic E-state index is 13.1. The molecule has 1 N–H and O–H groups in total. The first-order valence-corrected chi connectivity index (χ1v) is 9.63. The van der Waals surface area contributed by atoms with Gasteiger partial charge in [-0.15, -0.1) is 0 Å². The van der Waals surface area contributed by atoms with Gasteiger partial charge in [-0.3, -0.25) is 9.36 Å². The Balaban J connectivity index is 1.53. The summed E-state index contributed by atoms with van der Waals surface area (Å²) in [4.78, 5) is 17.0. The molecule has 0 radical (unpaired) electrons. The SMILES string of the molecule is O=c1c2cnn(-c3ccc(F)cc3)c2ncn1CC(O)COc1c(Cl)cccc1Cl. The lowest BCUT2D eigenvalue weighted by molar-refractivity contribution is 0.0916. The topological polar surface area (TPSA) is 82.2 Å². The van der Waals surface area contributed by atoms with Crippen LogP contribution in [-0.2, 0) is 6.54 Å². The van der Waals surface area contributed by atoms with Gasteiger partial charge in [0.25, 0.3) is 5.56 Å². The van der Waals surface area contributed by atoms with Crippen molar-refractivity contribution in [2.45, 2.75) is 12.6 Å². The highest BCUT2D eigenvalue weighted by molar-refractivity contribution is 6.37. The number of nitrogens with zero attached hydrogens (tertiary/aromatic N) is 4. The summed E-state index contributed by atoms with van der Waals surface area (Å²) in [6, 6.07) is 10.6. The number of ether oxygens (including phenoxy) is 1. The lowest BCUT2D eigenvalue weighted by Crippen LogP contribution is -2.30. The van der Waals surface area contributed by atoms with E-state index in [1.807, 2.05) is 0 Å². The third kappa shape index (κ3) is 4.02. The average molecular weight is 449 g/mol. The highest BCUT2D eigenvalue weighted by Gasteiger charge is 2.15. The minimum atomic E-state index is -1.01. The monoisotopic (exact) mass is 448 g/mol. The van der Waals surface area contributed by atoms with Crippen molar-refractivity contribution in [1.29, 1.82) is 0 Å².